The third-order valence-corrected chi connectivity index (χ3v) is 6.03. The Morgan fingerprint density at radius 1 is 1.24 bits per heavy atom. The fraction of sp³-hybridized carbons (Fsp3) is 0. The predicted molar refractivity (Wildman–Crippen MR) is 91.2 cm³/mol. The highest BCUT2D eigenvalue weighted by molar-refractivity contribution is 9.13. The molecule has 0 aliphatic heterocycles. The number of halogens is 2. The van der Waals surface area contributed by atoms with E-state index in [2.05, 4.69) is 42.3 Å². The number of nitrogens with one attached hydrogen (secondary N) is 1. The van der Waals surface area contributed by atoms with Crippen LogP contribution in [0.15, 0.2) is 57.1 Å². The number of hydrogen-bond acceptors (Lipinski definition) is 3. The standard InChI is InChI=1S/C14H9Br2N3OS/c15-9-8-12(21-13(9)16)14(20)18-10-4-1-2-5-11(10)19-7-3-6-17-19/h1-8H,(H,18,20). The molecule has 2 aromatic heterocycles. The fourth-order valence-corrected chi connectivity index (χ4v) is 3.76. The molecule has 1 N–H and O–H groups in total. The van der Waals surface area contributed by atoms with Gasteiger partial charge in [0.15, 0.2) is 0 Å². The summed E-state index contributed by atoms with van der Waals surface area (Å²) in [6.07, 6.45) is 3.54. The minimum absolute atomic E-state index is 0.147. The van der Waals surface area contributed by atoms with E-state index in [9.17, 15) is 4.79 Å². The highest BCUT2D eigenvalue weighted by Gasteiger charge is 2.14. The second kappa shape index (κ2) is 6.13. The van der Waals surface area contributed by atoms with E-state index in [-0.39, 0.29) is 5.91 Å². The molecule has 0 aliphatic carbocycles. The Labute approximate surface area is 142 Å². The molecule has 2 heterocycles. The van der Waals surface area contributed by atoms with Gasteiger partial charge in [0.05, 0.1) is 20.0 Å². The van der Waals surface area contributed by atoms with E-state index >= 15 is 0 Å². The summed E-state index contributed by atoms with van der Waals surface area (Å²) in [5.41, 5.74) is 1.54. The van der Waals surface area contributed by atoms with Crippen LogP contribution in [0.25, 0.3) is 5.69 Å². The minimum Gasteiger partial charge on any atom is -0.319 e. The normalized spacial score (nSPS) is 10.6. The highest BCUT2D eigenvalue weighted by Crippen LogP contribution is 2.33. The molecule has 0 aliphatic rings. The Balaban J connectivity index is 1.90. The van der Waals surface area contributed by atoms with Crippen LogP contribution in [0.5, 0.6) is 0 Å². The van der Waals surface area contributed by atoms with E-state index in [1.165, 1.54) is 11.3 Å². The Hall–Kier alpha value is -1.44. The van der Waals surface area contributed by atoms with Crippen LogP contribution in [0.3, 0.4) is 0 Å². The summed E-state index contributed by atoms with van der Waals surface area (Å²) in [6.45, 7) is 0. The molecule has 7 heteroatoms. The van der Waals surface area contributed by atoms with Gasteiger partial charge in [-0.2, -0.15) is 5.10 Å². The molecule has 3 aromatic rings. The van der Waals surface area contributed by atoms with E-state index in [0.717, 1.165) is 13.9 Å². The third-order valence-electron chi connectivity index (χ3n) is 2.77. The number of rotatable bonds is 3. The largest absolute Gasteiger partial charge is 0.319 e. The van der Waals surface area contributed by atoms with Gasteiger partial charge in [0, 0.05) is 16.9 Å². The van der Waals surface area contributed by atoms with Gasteiger partial charge in [-0.25, -0.2) is 4.68 Å². The maximum Gasteiger partial charge on any atom is 0.265 e. The lowest BCUT2D eigenvalue weighted by molar-refractivity contribution is 0.103. The molecule has 0 spiro atoms. The lowest BCUT2D eigenvalue weighted by atomic mass is 10.2. The second-order valence-electron chi connectivity index (χ2n) is 4.15. The summed E-state index contributed by atoms with van der Waals surface area (Å²) >= 11 is 8.16. The van der Waals surface area contributed by atoms with E-state index in [0.29, 0.717) is 10.6 Å². The summed E-state index contributed by atoms with van der Waals surface area (Å²) in [7, 11) is 0. The Morgan fingerprint density at radius 2 is 2.05 bits per heavy atom. The summed E-state index contributed by atoms with van der Waals surface area (Å²) in [5.74, 6) is -0.147. The van der Waals surface area contributed by atoms with Gasteiger partial charge in [-0.3, -0.25) is 4.79 Å². The molecular formula is C14H9Br2N3OS. The number of nitrogens with zero attached hydrogens (tertiary/aromatic N) is 2. The molecule has 0 fully saturated rings. The van der Waals surface area contributed by atoms with Gasteiger partial charge in [-0.1, -0.05) is 12.1 Å². The molecule has 0 radical (unpaired) electrons. The summed E-state index contributed by atoms with van der Waals surface area (Å²) in [4.78, 5) is 13.0. The first-order chi connectivity index (χ1) is 10.1. The number of benzene rings is 1. The molecule has 1 amide bonds. The topological polar surface area (TPSA) is 46.9 Å². The molecule has 0 saturated carbocycles. The smallest absolute Gasteiger partial charge is 0.265 e. The molecule has 0 atom stereocenters. The van der Waals surface area contributed by atoms with E-state index in [1.54, 1.807) is 16.9 Å². The first-order valence-corrected chi connectivity index (χ1v) is 8.40. The number of hydrogen-bond donors (Lipinski definition) is 1. The minimum atomic E-state index is -0.147. The number of thiophene rings is 1. The van der Waals surface area contributed by atoms with Crippen LogP contribution >= 0.6 is 43.2 Å². The molecule has 0 saturated heterocycles. The molecule has 0 bridgehead atoms. The molecule has 0 unspecified atom stereocenters. The SMILES string of the molecule is O=C(Nc1ccccc1-n1cccn1)c1cc(Br)c(Br)s1. The van der Waals surface area contributed by atoms with Crippen molar-refractivity contribution in [2.45, 2.75) is 0 Å². The zero-order chi connectivity index (χ0) is 14.8. The van der Waals surface area contributed by atoms with Gasteiger partial charge in [0.25, 0.3) is 5.91 Å². The van der Waals surface area contributed by atoms with Crippen molar-refractivity contribution in [3.8, 4) is 5.69 Å². The Kier molecular flexibility index (Phi) is 4.23. The summed E-state index contributed by atoms with van der Waals surface area (Å²) in [5, 5.41) is 7.12. The van der Waals surface area contributed by atoms with Crippen molar-refractivity contribution >= 4 is 54.8 Å². The zero-order valence-corrected chi connectivity index (χ0v) is 14.6. The quantitative estimate of drug-likeness (QED) is 0.659. The van der Waals surface area contributed by atoms with Gasteiger partial charge in [-0.15, -0.1) is 11.3 Å². The number of anilines is 1. The van der Waals surface area contributed by atoms with Crippen LogP contribution in [0.2, 0.25) is 0 Å². The lowest BCUT2D eigenvalue weighted by Gasteiger charge is -2.10. The molecule has 106 valence electrons. The zero-order valence-electron chi connectivity index (χ0n) is 10.6. The van der Waals surface area contributed by atoms with Crippen LogP contribution in [0, 0.1) is 0 Å². The van der Waals surface area contributed by atoms with Crippen LogP contribution in [-0.4, -0.2) is 15.7 Å². The Bertz CT molecular complexity index is 764. The first-order valence-electron chi connectivity index (χ1n) is 6.00. The lowest BCUT2D eigenvalue weighted by Crippen LogP contribution is -2.12. The average Bonchev–Trinajstić information content (AvgIpc) is 3.10. The average molecular weight is 427 g/mol. The van der Waals surface area contributed by atoms with Gasteiger partial charge in [-0.05, 0) is 56.1 Å². The first kappa shape index (κ1) is 14.5. The van der Waals surface area contributed by atoms with Gasteiger partial charge >= 0.3 is 0 Å². The van der Waals surface area contributed by atoms with Crippen molar-refractivity contribution < 1.29 is 4.79 Å². The Morgan fingerprint density at radius 3 is 2.71 bits per heavy atom. The monoisotopic (exact) mass is 425 g/mol. The molecule has 21 heavy (non-hydrogen) atoms. The maximum atomic E-state index is 12.3. The number of aromatic nitrogens is 2. The van der Waals surface area contributed by atoms with E-state index in [1.807, 2.05) is 36.5 Å². The van der Waals surface area contributed by atoms with Crippen molar-refractivity contribution in [2.75, 3.05) is 5.32 Å². The summed E-state index contributed by atoms with van der Waals surface area (Å²) < 4.78 is 3.49. The summed E-state index contributed by atoms with van der Waals surface area (Å²) in [6, 6.07) is 11.2. The highest BCUT2D eigenvalue weighted by atomic mass is 79.9. The van der Waals surface area contributed by atoms with Crippen LogP contribution in [0.1, 0.15) is 9.67 Å². The van der Waals surface area contributed by atoms with Crippen molar-refractivity contribution in [2.24, 2.45) is 0 Å². The molecule has 3 rings (SSSR count). The van der Waals surface area contributed by atoms with Crippen molar-refractivity contribution in [1.82, 2.24) is 9.78 Å². The van der Waals surface area contributed by atoms with Gasteiger partial charge in [0.2, 0.25) is 0 Å². The van der Waals surface area contributed by atoms with Gasteiger partial charge < -0.3 is 5.32 Å². The van der Waals surface area contributed by atoms with Crippen molar-refractivity contribution in [1.29, 1.82) is 0 Å². The van der Waals surface area contributed by atoms with Crippen molar-refractivity contribution in [3.63, 3.8) is 0 Å². The fourth-order valence-electron chi connectivity index (χ4n) is 1.83. The second-order valence-corrected chi connectivity index (χ2v) is 7.38. The number of carbonyl (C=O) groups is 1. The number of amides is 1. The van der Waals surface area contributed by atoms with E-state index < -0.39 is 0 Å². The molecule has 4 nitrogen and oxygen atoms in total. The third kappa shape index (κ3) is 3.09. The predicted octanol–water partition coefficient (Wildman–Crippen LogP) is 4.71. The van der Waals surface area contributed by atoms with E-state index in [4.69, 9.17) is 0 Å². The van der Waals surface area contributed by atoms with Gasteiger partial charge in [0.1, 0.15) is 0 Å². The van der Waals surface area contributed by atoms with Crippen LogP contribution in [0.4, 0.5) is 5.69 Å². The number of carbonyl (C=O) groups excluding carboxylic acids is 1. The molecular weight excluding hydrogens is 418 g/mol. The number of para-hydroxylation sites is 2. The van der Waals surface area contributed by atoms with Crippen molar-refractivity contribution in [3.05, 3.63) is 61.9 Å². The molecule has 1 aromatic carbocycles. The maximum absolute atomic E-state index is 12.3. The van der Waals surface area contributed by atoms with Crippen LogP contribution < -0.4 is 5.32 Å². The van der Waals surface area contributed by atoms with Crippen LogP contribution in [-0.2, 0) is 0 Å².